The van der Waals surface area contributed by atoms with E-state index in [9.17, 15) is 0 Å². The minimum Gasteiger partial charge on any atom is -0.326 e. The molecule has 0 aliphatic carbocycles. The Kier molecular flexibility index (Phi) is 3.91. The summed E-state index contributed by atoms with van der Waals surface area (Å²) in [6.07, 6.45) is 0. The van der Waals surface area contributed by atoms with Gasteiger partial charge in [0.2, 0.25) is 0 Å². The lowest BCUT2D eigenvalue weighted by Crippen LogP contribution is -1.98. The molecule has 1 aromatic carbocycles. The van der Waals surface area contributed by atoms with Crippen LogP contribution in [0.15, 0.2) is 41.8 Å². The number of nitrogens with two attached hydrogens (primary N) is 1. The molecule has 12 heavy (non-hydrogen) atoms. The molecule has 0 amide bonds. The van der Waals surface area contributed by atoms with Gasteiger partial charge in [0.25, 0.3) is 0 Å². The normalized spacial score (nSPS) is 9.75. The quantitative estimate of drug-likeness (QED) is 0.768. The largest absolute Gasteiger partial charge is 0.326 e. The fraction of sp³-hybridized carbons (Fsp3) is 0.200. The van der Waals surface area contributed by atoms with E-state index in [4.69, 9.17) is 5.73 Å². The van der Waals surface area contributed by atoms with Gasteiger partial charge in [-0.2, -0.15) is 0 Å². The molecule has 0 radical (unpaired) electrons. The van der Waals surface area contributed by atoms with Gasteiger partial charge in [-0.15, -0.1) is 11.8 Å². The molecule has 0 aliphatic rings. The molecule has 0 unspecified atom stereocenters. The molecular weight excluding hydrogens is 166 g/mol. The highest BCUT2D eigenvalue weighted by molar-refractivity contribution is 8.02. The minimum absolute atomic E-state index is 0.567. The maximum Gasteiger partial charge on any atom is 0.0233 e. The first-order valence-electron chi connectivity index (χ1n) is 3.87. The van der Waals surface area contributed by atoms with Gasteiger partial charge in [-0.25, -0.2) is 0 Å². The Bertz CT molecular complexity index is 243. The van der Waals surface area contributed by atoms with Gasteiger partial charge in [0, 0.05) is 12.3 Å². The Labute approximate surface area is 77.7 Å². The van der Waals surface area contributed by atoms with Crippen LogP contribution in [0.3, 0.4) is 0 Å². The van der Waals surface area contributed by atoms with E-state index in [1.807, 2.05) is 18.2 Å². The lowest BCUT2D eigenvalue weighted by molar-refractivity contribution is 1.24. The van der Waals surface area contributed by atoms with E-state index < -0.39 is 0 Å². The molecular formula is C10H13NS. The van der Waals surface area contributed by atoms with E-state index in [2.05, 4.69) is 18.7 Å². The zero-order chi connectivity index (χ0) is 8.81. The summed E-state index contributed by atoms with van der Waals surface area (Å²) in [6, 6.07) is 10.3. The van der Waals surface area contributed by atoms with Crippen molar-refractivity contribution in [1.82, 2.24) is 0 Å². The average Bonchev–Trinajstić information content (AvgIpc) is 2.16. The second kappa shape index (κ2) is 5.01. The van der Waals surface area contributed by atoms with Crippen molar-refractivity contribution in [2.24, 2.45) is 5.73 Å². The van der Waals surface area contributed by atoms with E-state index in [1.165, 1.54) is 5.56 Å². The Morgan fingerprint density at radius 2 is 2.00 bits per heavy atom. The molecule has 0 aromatic heterocycles. The summed E-state index contributed by atoms with van der Waals surface area (Å²) in [6.45, 7) is 4.39. The van der Waals surface area contributed by atoms with Crippen molar-refractivity contribution in [2.45, 2.75) is 5.75 Å². The highest BCUT2D eigenvalue weighted by Gasteiger charge is 1.93. The molecule has 64 valence electrons. The van der Waals surface area contributed by atoms with Crippen molar-refractivity contribution in [2.75, 3.05) is 6.54 Å². The highest BCUT2D eigenvalue weighted by Crippen LogP contribution is 2.17. The summed E-state index contributed by atoms with van der Waals surface area (Å²) in [5.41, 5.74) is 6.73. The van der Waals surface area contributed by atoms with Crippen LogP contribution in [0.4, 0.5) is 0 Å². The number of thioether (sulfide) groups is 1. The molecule has 1 nitrogen and oxygen atoms in total. The van der Waals surface area contributed by atoms with E-state index in [1.54, 1.807) is 11.8 Å². The van der Waals surface area contributed by atoms with Crippen LogP contribution in [0.2, 0.25) is 0 Å². The molecule has 0 saturated carbocycles. The SMILES string of the molecule is C=C(CN)SCc1ccccc1. The molecule has 0 fully saturated rings. The summed E-state index contributed by atoms with van der Waals surface area (Å²) in [4.78, 5) is 1.04. The lowest BCUT2D eigenvalue weighted by atomic mass is 10.2. The molecule has 0 heterocycles. The van der Waals surface area contributed by atoms with Crippen LogP contribution in [-0.4, -0.2) is 6.54 Å². The van der Waals surface area contributed by atoms with Gasteiger partial charge in [-0.1, -0.05) is 36.9 Å². The van der Waals surface area contributed by atoms with Gasteiger partial charge < -0.3 is 5.73 Å². The molecule has 0 aliphatic heterocycles. The number of hydrogen-bond acceptors (Lipinski definition) is 2. The molecule has 0 spiro atoms. The third-order valence-corrected chi connectivity index (χ3v) is 2.57. The van der Waals surface area contributed by atoms with Crippen LogP contribution < -0.4 is 5.73 Å². The first-order valence-corrected chi connectivity index (χ1v) is 4.86. The van der Waals surface area contributed by atoms with Gasteiger partial charge >= 0.3 is 0 Å². The fourth-order valence-electron chi connectivity index (χ4n) is 0.819. The lowest BCUT2D eigenvalue weighted by Gasteiger charge is -2.01. The summed E-state index contributed by atoms with van der Waals surface area (Å²) in [7, 11) is 0. The smallest absolute Gasteiger partial charge is 0.0233 e. The average molecular weight is 179 g/mol. The Hall–Kier alpha value is -0.730. The monoisotopic (exact) mass is 179 g/mol. The zero-order valence-corrected chi connectivity index (χ0v) is 7.81. The van der Waals surface area contributed by atoms with Crippen LogP contribution in [0.25, 0.3) is 0 Å². The van der Waals surface area contributed by atoms with E-state index in [0.29, 0.717) is 6.54 Å². The molecule has 1 rings (SSSR count). The van der Waals surface area contributed by atoms with Gasteiger partial charge in [-0.05, 0) is 10.5 Å². The van der Waals surface area contributed by atoms with Crippen molar-refractivity contribution >= 4 is 11.8 Å². The van der Waals surface area contributed by atoms with E-state index in [-0.39, 0.29) is 0 Å². The minimum atomic E-state index is 0.567. The summed E-state index contributed by atoms with van der Waals surface area (Å²) in [5, 5.41) is 0. The molecule has 2 heteroatoms. The second-order valence-electron chi connectivity index (χ2n) is 2.52. The van der Waals surface area contributed by atoms with Crippen molar-refractivity contribution in [3.8, 4) is 0 Å². The second-order valence-corrected chi connectivity index (χ2v) is 3.67. The molecule has 0 atom stereocenters. The first kappa shape index (κ1) is 9.36. The zero-order valence-electron chi connectivity index (χ0n) is 6.99. The number of rotatable bonds is 4. The topological polar surface area (TPSA) is 26.0 Å². The van der Waals surface area contributed by atoms with Crippen molar-refractivity contribution < 1.29 is 0 Å². The maximum absolute atomic E-state index is 5.42. The molecule has 0 bridgehead atoms. The van der Waals surface area contributed by atoms with Gasteiger partial charge in [0.05, 0.1) is 0 Å². The predicted octanol–water partition coefficient (Wildman–Crippen LogP) is 2.39. The first-order chi connectivity index (χ1) is 5.83. The molecule has 1 aromatic rings. The standard InChI is InChI=1S/C10H13NS/c1-9(7-11)12-8-10-5-3-2-4-6-10/h2-6H,1,7-8,11H2. The Morgan fingerprint density at radius 3 is 2.58 bits per heavy atom. The van der Waals surface area contributed by atoms with E-state index in [0.717, 1.165) is 10.7 Å². The Morgan fingerprint density at radius 1 is 1.33 bits per heavy atom. The van der Waals surface area contributed by atoms with Crippen molar-refractivity contribution in [1.29, 1.82) is 0 Å². The van der Waals surface area contributed by atoms with Crippen molar-refractivity contribution in [3.05, 3.63) is 47.4 Å². The summed E-state index contributed by atoms with van der Waals surface area (Å²) < 4.78 is 0. The highest BCUT2D eigenvalue weighted by atomic mass is 32.2. The number of hydrogen-bond donors (Lipinski definition) is 1. The van der Waals surface area contributed by atoms with Crippen LogP contribution in [0.5, 0.6) is 0 Å². The summed E-state index contributed by atoms with van der Waals surface area (Å²) in [5.74, 6) is 0.969. The van der Waals surface area contributed by atoms with Crippen LogP contribution in [-0.2, 0) is 5.75 Å². The third-order valence-electron chi connectivity index (χ3n) is 1.51. The van der Waals surface area contributed by atoms with Crippen LogP contribution >= 0.6 is 11.8 Å². The van der Waals surface area contributed by atoms with Crippen LogP contribution in [0, 0.1) is 0 Å². The van der Waals surface area contributed by atoms with Crippen LogP contribution in [0.1, 0.15) is 5.56 Å². The molecule has 0 saturated heterocycles. The fourth-order valence-corrected chi connectivity index (χ4v) is 1.50. The molecule has 2 N–H and O–H groups in total. The summed E-state index contributed by atoms with van der Waals surface area (Å²) >= 11 is 1.71. The maximum atomic E-state index is 5.42. The predicted molar refractivity (Wildman–Crippen MR) is 55.9 cm³/mol. The Balaban J connectivity index is 2.38. The van der Waals surface area contributed by atoms with Gasteiger partial charge in [-0.3, -0.25) is 0 Å². The van der Waals surface area contributed by atoms with Gasteiger partial charge in [0.15, 0.2) is 0 Å². The van der Waals surface area contributed by atoms with Crippen molar-refractivity contribution in [3.63, 3.8) is 0 Å². The van der Waals surface area contributed by atoms with E-state index >= 15 is 0 Å². The van der Waals surface area contributed by atoms with Gasteiger partial charge in [0.1, 0.15) is 0 Å². The third kappa shape index (κ3) is 3.11. The number of benzene rings is 1.